The summed E-state index contributed by atoms with van der Waals surface area (Å²) in [5.41, 5.74) is 1.74. The van der Waals surface area contributed by atoms with E-state index in [4.69, 9.17) is 9.26 Å². The number of ether oxygens (including phenoxy) is 1. The summed E-state index contributed by atoms with van der Waals surface area (Å²) in [6.45, 7) is 8.00. The largest absolute Gasteiger partial charge is 0.484 e. The molecule has 1 aromatic heterocycles. The molecule has 0 aliphatic heterocycles. The van der Waals surface area contributed by atoms with Crippen LogP contribution in [-0.4, -0.2) is 26.1 Å². The minimum Gasteiger partial charge on any atom is -0.484 e. The number of nitrogens with one attached hydrogen (secondary N) is 2. The third-order valence-electron chi connectivity index (χ3n) is 5.20. The Bertz CT molecular complexity index is 1170. The van der Waals surface area contributed by atoms with E-state index < -0.39 is 10.0 Å². The average Bonchev–Trinajstić information content (AvgIpc) is 3.16. The highest BCUT2D eigenvalue weighted by Crippen LogP contribution is 2.28. The molecule has 3 rings (SSSR count). The zero-order chi connectivity index (χ0) is 23.4. The Morgan fingerprint density at radius 1 is 1.09 bits per heavy atom. The molecule has 2 aromatic carbocycles. The van der Waals surface area contributed by atoms with Crippen molar-refractivity contribution in [3.63, 3.8) is 0 Å². The van der Waals surface area contributed by atoms with Crippen LogP contribution < -0.4 is 14.8 Å². The number of carbonyl (C=O) groups excluding carboxylic acids is 1. The number of benzene rings is 2. The second kappa shape index (κ2) is 9.44. The number of anilines is 2. The van der Waals surface area contributed by atoms with E-state index >= 15 is 0 Å². The molecule has 2 N–H and O–H groups in total. The zero-order valence-corrected chi connectivity index (χ0v) is 19.3. The van der Waals surface area contributed by atoms with Crippen LogP contribution in [0.5, 0.6) is 5.75 Å². The number of sulfonamides is 1. The Balaban J connectivity index is 1.54. The zero-order valence-electron chi connectivity index (χ0n) is 18.5. The molecule has 1 amide bonds. The van der Waals surface area contributed by atoms with Crippen LogP contribution >= 0.6 is 0 Å². The van der Waals surface area contributed by atoms with Crippen LogP contribution in [0.3, 0.4) is 0 Å². The first-order valence-corrected chi connectivity index (χ1v) is 11.7. The van der Waals surface area contributed by atoms with Crippen molar-refractivity contribution in [1.29, 1.82) is 0 Å². The van der Waals surface area contributed by atoms with Crippen LogP contribution in [0, 0.1) is 6.92 Å². The van der Waals surface area contributed by atoms with Gasteiger partial charge in [0, 0.05) is 11.8 Å². The van der Waals surface area contributed by atoms with Crippen LogP contribution in [0.25, 0.3) is 0 Å². The summed E-state index contributed by atoms with van der Waals surface area (Å²) >= 11 is 0. The van der Waals surface area contributed by atoms with Gasteiger partial charge in [-0.15, -0.1) is 0 Å². The van der Waals surface area contributed by atoms with Crippen molar-refractivity contribution < 1.29 is 22.5 Å². The maximum Gasteiger partial charge on any atom is 0.263 e. The number of amides is 1. The molecule has 0 saturated heterocycles. The van der Waals surface area contributed by atoms with E-state index in [9.17, 15) is 13.2 Å². The van der Waals surface area contributed by atoms with Crippen molar-refractivity contribution in [3.8, 4) is 5.75 Å². The van der Waals surface area contributed by atoms with E-state index in [1.54, 1.807) is 6.92 Å². The molecule has 1 heterocycles. The summed E-state index contributed by atoms with van der Waals surface area (Å²) in [6, 6.07) is 15.0. The molecule has 32 heavy (non-hydrogen) atoms. The van der Waals surface area contributed by atoms with Gasteiger partial charge in [-0.05, 0) is 60.7 Å². The molecule has 3 aromatic rings. The number of hydrogen-bond donors (Lipinski definition) is 2. The molecule has 0 saturated carbocycles. The molecule has 0 fully saturated rings. The Morgan fingerprint density at radius 2 is 1.75 bits per heavy atom. The van der Waals surface area contributed by atoms with E-state index in [1.165, 1.54) is 35.9 Å². The summed E-state index contributed by atoms with van der Waals surface area (Å²) in [7, 11) is -3.82. The van der Waals surface area contributed by atoms with E-state index in [-0.39, 0.29) is 28.6 Å². The van der Waals surface area contributed by atoms with Crippen molar-refractivity contribution in [2.24, 2.45) is 0 Å². The van der Waals surface area contributed by atoms with Gasteiger partial charge in [0.15, 0.2) is 12.4 Å². The predicted octanol–water partition coefficient (Wildman–Crippen LogP) is 4.49. The van der Waals surface area contributed by atoms with Gasteiger partial charge >= 0.3 is 0 Å². The smallest absolute Gasteiger partial charge is 0.263 e. The van der Waals surface area contributed by atoms with E-state index in [0.29, 0.717) is 17.2 Å². The second-order valence-electron chi connectivity index (χ2n) is 8.05. The molecule has 0 aliphatic carbocycles. The predicted molar refractivity (Wildman–Crippen MR) is 122 cm³/mol. The molecule has 0 radical (unpaired) electrons. The standard InChI is InChI=1S/C23H27N3O5S/c1-5-23(3,4)17-6-10-19(11-7-17)30-15-22(27)24-18-8-12-20(13-9-18)32(28,29)26-21-14-16(2)31-25-21/h6-14H,5,15H2,1-4H3,(H,24,27)(H,25,26). The highest BCUT2D eigenvalue weighted by atomic mass is 32.2. The Labute approximate surface area is 188 Å². The highest BCUT2D eigenvalue weighted by Gasteiger charge is 2.18. The molecule has 8 nitrogen and oxygen atoms in total. The van der Waals surface area contributed by atoms with E-state index in [0.717, 1.165) is 6.42 Å². The van der Waals surface area contributed by atoms with Gasteiger partial charge < -0.3 is 14.6 Å². The number of aryl methyl sites for hydroxylation is 1. The fraction of sp³-hybridized carbons (Fsp3) is 0.304. The monoisotopic (exact) mass is 457 g/mol. The van der Waals surface area contributed by atoms with Crippen LogP contribution in [0.1, 0.15) is 38.5 Å². The summed E-state index contributed by atoms with van der Waals surface area (Å²) in [4.78, 5) is 12.2. The van der Waals surface area contributed by atoms with Gasteiger partial charge in [-0.1, -0.05) is 38.1 Å². The maximum absolute atomic E-state index is 12.4. The first kappa shape index (κ1) is 23.3. The fourth-order valence-corrected chi connectivity index (χ4v) is 3.86. The molecule has 0 bridgehead atoms. The van der Waals surface area contributed by atoms with Crippen molar-refractivity contribution in [3.05, 3.63) is 65.9 Å². The van der Waals surface area contributed by atoms with Crippen LogP contribution in [0.2, 0.25) is 0 Å². The van der Waals surface area contributed by atoms with Crippen LogP contribution in [0.4, 0.5) is 11.5 Å². The molecule has 0 aliphatic rings. The topological polar surface area (TPSA) is 111 Å². The number of carbonyl (C=O) groups is 1. The third-order valence-corrected chi connectivity index (χ3v) is 6.58. The fourth-order valence-electron chi connectivity index (χ4n) is 2.88. The van der Waals surface area contributed by atoms with Gasteiger partial charge in [-0.25, -0.2) is 8.42 Å². The lowest BCUT2D eigenvalue weighted by molar-refractivity contribution is -0.118. The number of nitrogens with zero attached hydrogens (tertiary/aromatic N) is 1. The highest BCUT2D eigenvalue weighted by molar-refractivity contribution is 7.92. The first-order chi connectivity index (χ1) is 15.1. The molecule has 170 valence electrons. The number of rotatable bonds is 9. The lowest BCUT2D eigenvalue weighted by atomic mass is 9.82. The van der Waals surface area contributed by atoms with Gasteiger partial charge in [-0.2, -0.15) is 0 Å². The summed E-state index contributed by atoms with van der Waals surface area (Å²) < 4.78 is 37.6. The quantitative estimate of drug-likeness (QED) is 0.490. The average molecular weight is 458 g/mol. The van der Waals surface area contributed by atoms with Crippen molar-refractivity contribution >= 4 is 27.4 Å². The van der Waals surface area contributed by atoms with Gasteiger partial charge in [0.05, 0.1) is 4.90 Å². The molecule has 0 atom stereocenters. The van der Waals surface area contributed by atoms with Gasteiger partial charge in [-0.3, -0.25) is 9.52 Å². The summed E-state index contributed by atoms with van der Waals surface area (Å²) in [6.07, 6.45) is 1.02. The van der Waals surface area contributed by atoms with E-state index in [2.05, 4.69) is 36.0 Å². The minimum absolute atomic E-state index is 0.0301. The Hall–Kier alpha value is -3.33. The summed E-state index contributed by atoms with van der Waals surface area (Å²) in [5, 5.41) is 6.30. The number of hydrogen-bond acceptors (Lipinski definition) is 6. The Morgan fingerprint density at radius 3 is 2.31 bits per heavy atom. The summed E-state index contributed by atoms with van der Waals surface area (Å²) in [5.74, 6) is 0.841. The SMILES string of the molecule is CCC(C)(C)c1ccc(OCC(=O)Nc2ccc(S(=O)(=O)Nc3cc(C)on3)cc2)cc1. The number of aromatic nitrogens is 1. The normalized spacial score (nSPS) is 11.8. The third kappa shape index (κ3) is 5.88. The molecule has 9 heteroatoms. The van der Waals surface area contributed by atoms with Crippen molar-refractivity contribution in [2.45, 2.75) is 44.4 Å². The molecular formula is C23H27N3O5S. The second-order valence-corrected chi connectivity index (χ2v) is 9.73. The van der Waals surface area contributed by atoms with E-state index in [1.807, 2.05) is 24.3 Å². The van der Waals surface area contributed by atoms with Crippen molar-refractivity contribution in [1.82, 2.24) is 5.16 Å². The van der Waals surface area contributed by atoms with Gasteiger partial charge in [0.2, 0.25) is 0 Å². The van der Waals surface area contributed by atoms with Crippen LogP contribution in [0.15, 0.2) is 64.0 Å². The van der Waals surface area contributed by atoms with Crippen molar-refractivity contribution in [2.75, 3.05) is 16.6 Å². The molecule has 0 spiro atoms. The van der Waals surface area contributed by atoms with Crippen LogP contribution in [-0.2, 0) is 20.2 Å². The molecule has 0 unspecified atom stereocenters. The maximum atomic E-state index is 12.4. The lowest BCUT2D eigenvalue weighted by Gasteiger charge is -2.23. The first-order valence-electron chi connectivity index (χ1n) is 10.2. The van der Waals surface area contributed by atoms with Gasteiger partial charge in [0.1, 0.15) is 11.5 Å². The molecular weight excluding hydrogens is 430 g/mol. The minimum atomic E-state index is -3.82. The van der Waals surface area contributed by atoms with Gasteiger partial charge in [0.25, 0.3) is 15.9 Å². The Kier molecular flexibility index (Phi) is 6.88. The lowest BCUT2D eigenvalue weighted by Crippen LogP contribution is -2.20.